The monoisotopic (exact) mass is 433 g/mol. The van der Waals surface area contributed by atoms with E-state index >= 15 is 0 Å². The molecule has 0 unspecified atom stereocenters. The number of benzene rings is 1. The molecule has 0 bridgehead atoms. The van der Waals surface area contributed by atoms with E-state index in [1.54, 1.807) is 18.6 Å². The van der Waals surface area contributed by atoms with Crippen LogP contribution in [0.15, 0.2) is 58.3 Å². The lowest BCUT2D eigenvalue weighted by molar-refractivity contribution is -0.383. The summed E-state index contributed by atoms with van der Waals surface area (Å²) >= 11 is 0. The Balaban J connectivity index is 1.41. The van der Waals surface area contributed by atoms with Gasteiger partial charge in [-0.05, 0) is 18.2 Å². The van der Waals surface area contributed by atoms with Crippen LogP contribution in [0.1, 0.15) is 16.8 Å². The van der Waals surface area contributed by atoms with Crippen molar-refractivity contribution in [2.75, 3.05) is 6.54 Å². The van der Waals surface area contributed by atoms with Gasteiger partial charge in [-0.1, -0.05) is 0 Å². The van der Waals surface area contributed by atoms with Crippen molar-refractivity contribution >= 4 is 16.7 Å². The van der Waals surface area contributed by atoms with E-state index in [1.165, 1.54) is 6.26 Å². The second-order valence-corrected chi connectivity index (χ2v) is 7.52. The van der Waals surface area contributed by atoms with E-state index in [4.69, 9.17) is 4.42 Å². The highest BCUT2D eigenvalue weighted by Crippen LogP contribution is 2.26. The molecular weight excluding hydrogens is 417 g/mol. The largest absolute Gasteiger partial charge is 0.456 e. The summed E-state index contributed by atoms with van der Waals surface area (Å²) in [6, 6.07) is 5.44. The van der Waals surface area contributed by atoms with E-state index in [9.17, 15) is 19.3 Å². The number of non-ortho nitro benzene ring substituents is 1. The predicted octanol–water partition coefficient (Wildman–Crippen LogP) is 3.25. The van der Waals surface area contributed by atoms with Crippen molar-refractivity contribution in [3.05, 3.63) is 92.1 Å². The Labute approximate surface area is 180 Å². The van der Waals surface area contributed by atoms with Crippen LogP contribution in [0.25, 0.3) is 22.4 Å². The van der Waals surface area contributed by atoms with Gasteiger partial charge in [0.05, 0.1) is 28.3 Å². The molecule has 0 saturated carbocycles. The minimum Gasteiger partial charge on any atom is -0.456 e. The molecule has 0 fully saturated rings. The zero-order chi connectivity index (χ0) is 22.2. The van der Waals surface area contributed by atoms with Gasteiger partial charge >= 0.3 is 5.69 Å². The summed E-state index contributed by atoms with van der Waals surface area (Å²) in [5, 5.41) is 11.0. The molecular formula is C22H16FN5O4. The number of nitro benzene ring substituents is 1. The molecule has 10 heteroatoms. The van der Waals surface area contributed by atoms with E-state index in [1.807, 2.05) is 17.0 Å². The Kier molecular flexibility index (Phi) is 4.91. The SMILES string of the molecule is O=c1c(CN2CCc3nc(-c4cccnc4)ncc3C2)coc2c([N+](=O)[O-])cc(F)cc12. The fourth-order valence-corrected chi connectivity index (χ4v) is 3.86. The number of rotatable bonds is 4. The van der Waals surface area contributed by atoms with Gasteiger partial charge in [0, 0.05) is 61.3 Å². The van der Waals surface area contributed by atoms with Gasteiger partial charge in [0.15, 0.2) is 11.3 Å². The van der Waals surface area contributed by atoms with Crippen molar-refractivity contribution < 1.29 is 13.7 Å². The van der Waals surface area contributed by atoms with E-state index in [2.05, 4.69) is 15.0 Å². The molecule has 0 N–H and O–H groups in total. The predicted molar refractivity (Wildman–Crippen MR) is 112 cm³/mol. The highest BCUT2D eigenvalue weighted by molar-refractivity contribution is 5.85. The average Bonchev–Trinajstić information content (AvgIpc) is 2.81. The zero-order valence-electron chi connectivity index (χ0n) is 16.7. The Morgan fingerprint density at radius 3 is 2.94 bits per heavy atom. The lowest BCUT2D eigenvalue weighted by Gasteiger charge is -2.27. The summed E-state index contributed by atoms with van der Waals surface area (Å²) in [5.74, 6) is -0.244. The standard InChI is InChI=1S/C22H16FN5O4/c23-16-6-17-20(29)15(12-32-21(17)19(7-16)28(30)31)11-27-5-3-18-14(10-27)9-25-22(26-18)13-2-1-4-24-8-13/h1-2,4,6-9,12H,3,5,10-11H2. The van der Waals surface area contributed by atoms with E-state index in [0.717, 1.165) is 29.0 Å². The minimum atomic E-state index is -0.859. The third-order valence-electron chi connectivity index (χ3n) is 5.41. The summed E-state index contributed by atoms with van der Waals surface area (Å²) in [6.45, 7) is 1.44. The Morgan fingerprint density at radius 1 is 1.28 bits per heavy atom. The van der Waals surface area contributed by atoms with Crippen LogP contribution in [0.4, 0.5) is 10.1 Å². The fourth-order valence-electron chi connectivity index (χ4n) is 3.86. The Bertz CT molecular complexity index is 1410. The molecule has 0 atom stereocenters. The van der Waals surface area contributed by atoms with Crippen molar-refractivity contribution in [3.63, 3.8) is 0 Å². The smallest absolute Gasteiger partial charge is 0.315 e. The second-order valence-electron chi connectivity index (χ2n) is 7.52. The molecule has 3 aromatic heterocycles. The Morgan fingerprint density at radius 2 is 2.16 bits per heavy atom. The fraction of sp³-hybridized carbons (Fsp3) is 0.182. The lowest BCUT2D eigenvalue weighted by atomic mass is 10.1. The van der Waals surface area contributed by atoms with Crippen molar-refractivity contribution in [2.24, 2.45) is 0 Å². The molecule has 4 aromatic rings. The molecule has 0 aliphatic carbocycles. The molecule has 1 aromatic carbocycles. The molecule has 0 spiro atoms. The van der Waals surface area contributed by atoms with Gasteiger partial charge in [0.1, 0.15) is 5.82 Å². The average molecular weight is 433 g/mol. The number of halogens is 1. The summed E-state index contributed by atoms with van der Waals surface area (Å²) in [6.07, 6.45) is 7.06. The number of fused-ring (bicyclic) bond motifs is 2. The van der Waals surface area contributed by atoms with Gasteiger partial charge < -0.3 is 4.42 Å². The van der Waals surface area contributed by atoms with Crippen LogP contribution in [-0.2, 0) is 19.5 Å². The maximum Gasteiger partial charge on any atom is 0.315 e. The highest BCUT2D eigenvalue weighted by atomic mass is 19.1. The van der Waals surface area contributed by atoms with Gasteiger partial charge in [-0.15, -0.1) is 0 Å². The normalized spacial score (nSPS) is 13.8. The molecule has 4 heterocycles. The van der Waals surface area contributed by atoms with Gasteiger partial charge in [0.2, 0.25) is 5.58 Å². The number of pyridine rings is 1. The lowest BCUT2D eigenvalue weighted by Crippen LogP contribution is -2.32. The molecule has 1 aliphatic rings. The van der Waals surface area contributed by atoms with Crippen LogP contribution in [0, 0.1) is 15.9 Å². The first kappa shape index (κ1) is 19.9. The third-order valence-corrected chi connectivity index (χ3v) is 5.41. The topological polar surface area (TPSA) is 115 Å². The number of aromatic nitrogens is 3. The summed E-state index contributed by atoms with van der Waals surface area (Å²) < 4.78 is 19.2. The van der Waals surface area contributed by atoms with Gasteiger partial charge in [-0.2, -0.15) is 0 Å². The van der Waals surface area contributed by atoms with Gasteiger partial charge in [-0.3, -0.25) is 24.8 Å². The second kappa shape index (κ2) is 7.89. The van der Waals surface area contributed by atoms with Crippen molar-refractivity contribution in [2.45, 2.75) is 19.5 Å². The van der Waals surface area contributed by atoms with Crippen LogP contribution in [0.5, 0.6) is 0 Å². The summed E-state index contributed by atoms with van der Waals surface area (Å²) in [7, 11) is 0. The first-order valence-electron chi connectivity index (χ1n) is 9.85. The molecule has 5 rings (SSSR count). The van der Waals surface area contributed by atoms with Gasteiger partial charge in [-0.25, -0.2) is 14.4 Å². The maximum atomic E-state index is 13.8. The summed E-state index contributed by atoms with van der Waals surface area (Å²) in [4.78, 5) is 38.5. The molecule has 0 amide bonds. The number of hydrogen-bond acceptors (Lipinski definition) is 8. The van der Waals surface area contributed by atoms with Crippen molar-refractivity contribution in [1.82, 2.24) is 19.9 Å². The van der Waals surface area contributed by atoms with Crippen LogP contribution in [0.3, 0.4) is 0 Å². The van der Waals surface area contributed by atoms with Crippen molar-refractivity contribution in [3.8, 4) is 11.4 Å². The van der Waals surface area contributed by atoms with Gasteiger partial charge in [0.25, 0.3) is 0 Å². The van der Waals surface area contributed by atoms with Crippen LogP contribution in [-0.4, -0.2) is 31.3 Å². The Hall–Kier alpha value is -4.05. The quantitative estimate of drug-likeness (QED) is 0.356. The summed E-state index contributed by atoms with van der Waals surface area (Å²) in [5.41, 5.74) is 1.75. The molecule has 160 valence electrons. The van der Waals surface area contributed by atoms with Crippen molar-refractivity contribution in [1.29, 1.82) is 0 Å². The van der Waals surface area contributed by atoms with E-state index in [-0.39, 0.29) is 17.5 Å². The molecule has 9 nitrogen and oxygen atoms in total. The molecule has 0 saturated heterocycles. The third kappa shape index (κ3) is 3.60. The number of nitrogens with zero attached hydrogens (tertiary/aromatic N) is 5. The van der Waals surface area contributed by atoms with Crippen LogP contribution < -0.4 is 5.43 Å². The molecule has 1 aliphatic heterocycles. The molecule has 32 heavy (non-hydrogen) atoms. The molecule has 0 radical (unpaired) electrons. The van der Waals surface area contributed by atoms with E-state index in [0.29, 0.717) is 30.9 Å². The van der Waals surface area contributed by atoms with E-state index < -0.39 is 21.9 Å². The number of hydrogen-bond donors (Lipinski definition) is 0. The minimum absolute atomic E-state index is 0.143. The van der Waals surface area contributed by atoms with Crippen LogP contribution in [0.2, 0.25) is 0 Å². The van der Waals surface area contributed by atoms with Crippen LogP contribution >= 0.6 is 0 Å². The highest BCUT2D eigenvalue weighted by Gasteiger charge is 2.23. The first-order valence-corrected chi connectivity index (χ1v) is 9.85. The maximum absolute atomic E-state index is 13.8. The number of nitro groups is 1. The first-order chi connectivity index (χ1) is 15.5. The zero-order valence-corrected chi connectivity index (χ0v) is 16.7.